The van der Waals surface area contributed by atoms with E-state index in [0.717, 1.165) is 30.6 Å². The zero-order valence-corrected chi connectivity index (χ0v) is 19.6. The van der Waals surface area contributed by atoms with E-state index in [1.54, 1.807) is 11.3 Å². The highest BCUT2D eigenvalue weighted by Crippen LogP contribution is 2.10. The number of nitrogens with zero attached hydrogens (tertiary/aromatic N) is 5. The minimum absolute atomic E-state index is 0. The van der Waals surface area contributed by atoms with Crippen LogP contribution in [0.5, 0.6) is 0 Å². The lowest BCUT2D eigenvalue weighted by atomic mass is 10.2. The highest BCUT2D eigenvalue weighted by atomic mass is 127. The third kappa shape index (κ3) is 6.30. The van der Waals surface area contributed by atoms with Crippen LogP contribution in [0.1, 0.15) is 22.1 Å². The first-order valence-electron chi connectivity index (χ1n) is 9.04. The van der Waals surface area contributed by atoms with Gasteiger partial charge in [0.25, 0.3) is 0 Å². The lowest BCUT2D eigenvalue weighted by molar-refractivity contribution is 0.482. The van der Waals surface area contributed by atoms with Crippen molar-refractivity contribution in [3.05, 3.63) is 69.9 Å². The molecule has 3 rings (SSSR count). The van der Waals surface area contributed by atoms with E-state index >= 15 is 0 Å². The van der Waals surface area contributed by atoms with Crippen molar-refractivity contribution in [2.45, 2.75) is 26.4 Å². The number of halogens is 1. The van der Waals surface area contributed by atoms with Gasteiger partial charge in [0.05, 0.1) is 13.1 Å². The fraction of sp³-hybridized carbons (Fsp3) is 0.350. The van der Waals surface area contributed by atoms with Gasteiger partial charge in [-0.1, -0.05) is 36.4 Å². The van der Waals surface area contributed by atoms with E-state index in [4.69, 9.17) is 4.99 Å². The molecular formula is C20H27IN6S. The number of aryl methyl sites for hydroxylation is 1. The summed E-state index contributed by atoms with van der Waals surface area (Å²) in [4.78, 5) is 8.38. The summed E-state index contributed by atoms with van der Waals surface area (Å²) < 4.78 is 1.99. The molecule has 0 atom stereocenters. The lowest BCUT2D eigenvalue weighted by Gasteiger charge is -2.22. The van der Waals surface area contributed by atoms with E-state index in [0.29, 0.717) is 13.1 Å². The molecule has 6 nitrogen and oxygen atoms in total. The van der Waals surface area contributed by atoms with Crippen LogP contribution in [0.4, 0.5) is 0 Å². The zero-order valence-electron chi connectivity index (χ0n) is 16.5. The fourth-order valence-electron chi connectivity index (χ4n) is 2.66. The van der Waals surface area contributed by atoms with Gasteiger partial charge >= 0.3 is 0 Å². The maximum absolute atomic E-state index is 4.82. The second kappa shape index (κ2) is 11.2. The molecular weight excluding hydrogens is 483 g/mol. The van der Waals surface area contributed by atoms with E-state index in [1.807, 2.05) is 36.7 Å². The molecule has 28 heavy (non-hydrogen) atoms. The van der Waals surface area contributed by atoms with Crippen molar-refractivity contribution >= 4 is 41.3 Å². The van der Waals surface area contributed by atoms with Gasteiger partial charge in [0.2, 0.25) is 0 Å². The summed E-state index contributed by atoms with van der Waals surface area (Å²) in [5.41, 5.74) is 1.19. The van der Waals surface area contributed by atoms with Gasteiger partial charge < -0.3 is 14.8 Å². The van der Waals surface area contributed by atoms with Crippen LogP contribution >= 0.6 is 35.3 Å². The molecule has 3 aromatic rings. The van der Waals surface area contributed by atoms with Crippen LogP contribution in [0, 0.1) is 6.92 Å². The number of guanidine groups is 1. The standard InChI is InChI=1S/C20H26N6S.HI/c1-16-23-24-19(26(16)3)15-22-20(21-14-17-8-5-4-6-9-17)25(2)12-11-18-10-7-13-27-18;/h4-10,13H,11-12,14-15H2,1-3H3,(H,21,22);1H. The Morgan fingerprint density at radius 2 is 1.96 bits per heavy atom. The Morgan fingerprint density at radius 1 is 1.18 bits per heavy atom. The molecule has 150 valence electrons. The summed E-state index contributed by atoms with van der Waals surface area (Å²) in [6.45, 7) is 4.09. The quantitative estimate of drug-likeness (QED) is 0.300. The molecule has 1 aromatic carbocycles. The first-order valence-corrected chi connectivity index (χ1v) is 9.92. The van der Waals surface area contributed by atoms with Crippen molar-refractivity contribution in [1.82, 2.24) is 25.0 Å². The molecule has 0 aliphatic rings. The lowest BCUT2D eigenvalue weighted by Crippen LogP contribution is -2.40. The topological polar surface area (TPSA) is 58.3 Å². The first-order chi connectivity index (χ1) is 13.1. The van der Waals surface area contributed by atoms with Crippen molar-refractivity contribution in [2.75, 3.05) is 13.6 Å². The van der Waals surface area contributed by atoms with E-state index in [9.17, 15) is 0 Å². The van der Waals surface area contributed by atoms with Gasteiger partial charge in [0, 0.05) is 25.5 Å². The Bertz CT molecular complexity index is 860. The van der Waals surface area contributed by atoms with Crippen LogP contribution in [0.25, 0.3) is 0 Å². The summed E-state index contributed by atoms with van der Waals surface area (Å²) in [6.07, 6.45) is 1.00. The Hall–Kier alpha value is -1.94. The van der Waals surface area contributed by atoms with Crippen molar-refractivity contribution in [3.63, 3.8) is 0 Å². The molecule has 1 N–H and O–H groups in total. The molecule has 0 bridgehead atoms. The van der Waals surface area contributed by atoms with Crippen LogP contribution in [0.2, 0.25) is 0 Å². The molecule has 0 radical (unpaired) electrons. The Kier molecular flexibility index (Phi) is 8.91. The third-order valence-corrected chi connectivity index (χ3v) is 5.41. The minimum atomic E-state index is 0. The molecule has 0 amide bonds. The van der Waals surface area contributed by atoms with Crippen LogP contribution < -0.4 is 5.32 Å². The van der Waals surface area contributed by atoms with E-state index < -0.39 is 0 Å². The average molecular weight is 510 g/mol. The third-order valence-electron chi connectivity index (χ3n) is 4.48. The molecule has 8 heteroatoms. The summed E-state index contributed by atoms with van der Waals surface area (Å²) in [6, 6.07) is 14.6. The molecule has 2 heterocycles. The van der Waals surface area contributed by atoms with Crippen LogP contribution in [0.3, 0.4) is 0 Å². The van der Waals surface area contributed by atoms with Gasteiger partial charge in [-0.3, -0.25) is 0 Å². The number of likely N-dealkylation sites (N-methyl/N-ethyl adjacent to an activating group) is 1. The number of benzene rings is 1. The summed E-state index contributed by atoms with van der Waals surface area (Å²) in [5, 5.41) is 13.9. The van der Waals surface area contributed by atoms with Gasteiger partial charge in [0.1, 0.15) is 5.82 Å². The van der Waals surface area contributed by atoms with Gasteiger partial charge in [-0.05, 0) is 30.4 Å². The zero-order chi connectivity index (χ0) is 19.1. The number of aliphatic imine (C=N–C) groups is 1. The largest absolute Gasteiger partial charge is 0.349 e. The molecule has 0 unspecified atom stereocenters. The molecule has 0 spiro atoms. The van der Waals surface area contributed by atoms with Crippen molar-refractivity contribution in [1.29, 1.82) is 0 Å². The van der Waals surface area contributed by atoms with Gasteiger partial charge in [-0.25, -0.2) is 4.99 Å². The highest BCUT2D eigenvalue weighted by Gasteiger charge is 2.10. The monoisotopic (exact) mass is 510 g/mol. The van der Waals surface area contributed by atoms with Crippen LogP contribution in [-0.2, 0) is 26.6 Å². The predicted octanol–water partition coefficient (Wildman–Crippen LogP) is 3.62. The van der Waals surface area contributed by atoms with E-state index in [2.05, 4.69) is 57.1 Å². The average Bonchev–Trinajstić information content (AvgIpc) is 3.32. The number of hydrogen-bond acceptors (Lipinski definition) is 4. The minimum Gasteiger partial charge on any atom is -0.349 e. The first kappa shape index (κ1) is 22.4. The number of aromatic nitrogens is 3. The number of thiophene rings is 1. The van der Waals surface area contributed by atoms with E-state index in [1.165, 1.54) is 10.4 Å². The van der Waals surface area contributed by atoms with Crippen molar-refractivity contribution < 1.29 is 0 Å². The highest BCUT2D eigenvalue weighted by molar-refractivity contribution is 14.0. The van der Waals surface area contributed by atoms with Gasteiger partial charge in [-0.2, -0.15) is 0 Å². The van der Waals surface area contributed by atoms with Crippen molar-refractivity contribution in [3.8, 4) is 0 Å². The molecule has 0 aliphatic heterocycles. The number of nitrogens with one attached hydrogen (secondary N) is 1. The predicted molar refractivity (Wildman–Crippen MR) is 126 cm³/mol. The Labute approximate surface area is 187 Å². The van der Waals surface area contributed by atoms with Gasteiger partial charge in [0.15, 0.2) is 11.8 Å². The van der Waals surface area contributed by atoms with Crippen LogP contribution in [-0.4, -0.2) is 39.2 Å². The molecule has 0 aliphatic carbocycles. The normalized spacial score (nSPS) is 11.2. The van der Waals surface area contributed by atoms with Crippen LogP contribution in [0.15, 0.2) is 52.8 Å². The molecule has 2 aromatic heterocycles. The van der Waals surface area contributed by atoms with Gasteiger partial charge in [-0.15, -0.1) is 45.5 Å². The summed E-state index contributed by atoms with van der Waals surface area (Å²) in [7, 11) is 4.06. The SMILES string of the molecule is Cc1nnc(CNC(=NCc2ccccc2)N(C)CCc2cccs2)n1C.I. The Balaban J connectivity index is 0.00000280. The summed E-state index contributed by atoms with van der Waals surface area (Å²) >= 11 is 1.79. The summed E-state index contributed by atoms with van der Waals surface area (Å²) in [5.74, 6) is 2.67. The smallest absolute Gasteiger partial charge is 0.194 e. The molecule has 0 fully saturated rings. The second-order valence-corrected chi connectivity index (χ2v) is 7.48. The Morgan fingerprint density at radius 3 is 2.61 bits per heavy atom. The number of rotatable bonds is 7. The van der Waals surface area contributed by atoms with E-state index in [-0.39, 0.29) is 24.0 Å². The maximum Gasteiger partial charge on any atom is 0.194 e. The maximum atomic E-state index is 4.82. The molecule has 0 saturated heterocycles. The fourth-order valence-corrected chi connectivity index (χ4v) is 3.36. The molecule has 0 saturated carbocycles. The number of hydrogen-bond donors (Lipinski definition) is 1. The second-order valence-electron chi connectivity index (χ2n) is 6.45. The van der Waals surface area contributed by atoms with Crippen molar-refractivity contribution in [2.24, 2.45) is 12.0 Å².